The molecule has 2 N–H and O–H groups in total. The Morgan fingerprint density at radius 2 is 1.83 bits per heavy atom. The van der Waals surface area contributed by atoms with Crippen molar-refractivity contribution in [2.45, 2.75) is 19.8 Å². The van der Waals surface area contributed by atoms with Gasteiger partial charge < -0.3 is 19.6 Å². The first kappa shape index (κ1) is 22.9. The van der Waals surface area contributed by atoms with E-state index < -0.39 is 11.9 Å². The topological polar surface area (TPSA) is 98.5 Å². The molecule has 5 rings (SSSR count). The van der Waals surface area contributed by atoms with Crippen LogP contribution in [0.1, 0.15) is 38.7 Å². The second kappa shape index (κ2) is 8.70. The van der Waals surface area contributed by atoms with Crippen molar-refractivity contribution in [2.75, 3.05) is 0 Å². The lowest BCUT2D eigenvalue weighted by molar-refractivity contribution is 0.0702. The maximum Gasteiger partial charge on any atom is 0.379 e. The van der Waals surface area contributed by atoms with E-state index in [9.17, 15) is 10.1 Å². The summed E-state index contributed by atoms with van der Waals surface area (Å²) in [6.45, 7) is 3.76. The number of carbonyl (C=O) groups is 1. The number of nitriles is 1. The summed E-state index contributed by atoms with van der Waals surface area (Å²) in [5.74, 6) is -0.548. The lowest BCUT2D eigenvalue weighted by atomic mass is 9.83. The quantitative estimate of drug-likeness (QED) is 0.243. The number of halogens is 2. The molecule has 1 aliphatic heterocycles. The number of esters is 1. The van der Waals surface area contributed by atoms with Crippen LogP contribution in [-0.2, 0) is 0 Å². The summed E-state index contributed by atoms with van der Waals surface area (Å²) < 4.78 is 17.1. The molecule has 0 aliphatic carbocycles. The molecule has 0 fully saturated rings. The van der Waals surface area contributed by atoms with Gasteiger partial charge in [0, 0.05) is 32.6 Å². The number of hydrogen-bond acceptors (Lipinski definition) is 6. The van der Waals surface area contributed by atoms with Gasteiger partial charge in [0.15, 0.2) is 0 Å². The molecule has 6 nitrogen and oxygen atoms in total. The molecule has 174 valence electrons. The van der Waals surface area contributed by atoms with E-state index in [0.717, 1.165) is 10.9 Å². The largest absolute Gasteiger partial charge is 0.449 e. The fourth-order valence-electron chi connectivity index (χ4n) is 4.24. The van der Waals surface area contributed by atoms with Crippen molar-refractivity contribution in [1.29, 1.82) is 5.26 Å². The van der Waals surface area contributed by atoms with Crippen LogP contribution in [-0.4, -0.2) is 5.97 Å². The number of nitrogens with zero attached hydrogens (tertiary/aromatic N) is 1. The van der Waals surface area contributed by atoms with Crippen LogP contribution < -0.4 is 15.2 Å². The lowest BCUT2D eigenvalue weighted by Crippen LogP contribution is -2.21. The van der Waals surface area contributed by atoms with Crippen LogP contribution in [0.2, 0.25) is 10.0 Å². The van der Waals surface area contributed by atoms with Gasteiger partial charge in [0.05, 0.1) is 5.92 Å². The summed E-state index contributed by atoms with van der Waals surface area (Å²) in [5, 5.41) is 11.5. The highest BCUT2D eigenvalue weighted by Crippen LogP contribution is 2.45. The maximum absolute atomic E-state index is 12.9. The highest BCUT2D eigenvalue weighted by atomic mass is 35.5. The van der Waals surface area contributed by atoms with Crippen LogP contribution in [0.5, 0.6) is 11.5 Å². The van der Waals surface area contributed by atoms with Gasteiger partial charge in [0.1, 0.15) is 28.7 Å². The van der Waals surface area contributed by atoms with Gasteiger partial charge in [-0.05, 0) is 49.2 Å². The Labute approximate surface area is 211 Å². The molecule has 8 heteroatoms. The smallest absolute Gasteiger partial charge is 0.379 e. The molecule has 1 aromatic heterocycles. The number of ether oxygens (including phenoxy) is 2. The lowest BCUT2D eigenvalue weighted by Gasteiger charge is -2.27. The third-order valence-electron chi connectivity index (χ3n) is 5.95. The molecule has 1 atom stereocenters. The minimum absolute atomic E-state index is 0.0528. The van der Waals surface area contributed by atoms with Gasteiger partial charge in [-0.15, -0.1) is 0 Å². The number of furan rings is 1. The summed E-state index contributed by atoms with van der Waals surface area (Å²) in [6.07, 6.45) is 0. The van der Waals surface area contributed by atoms with Crippen molar-refractivity contribution >= 4 is 40.1 Å². The van der Waals surface area contributed by atoms with E-state index in [2.05, 4.69) is 6.07 Å². The molecule has 1 unspecified atom stereocenters. The first-order valence-electron chi connectivity index (χ1n) is 10.6. The number of nitrogens with two attached hydrogens (primary N) is 1. The normalized spacial score (nSPS) is 14.9. The summed E-state index contributed by atoms with van der Waals surface area (Å²) in [5.41, 5.74) is 9.93. The zero-order chi connectivity index (χ0) is 24.9. The number of fused-ring (bicyclic) bond motifs is 2. The Hall–Kier alpha value is -3.92. The van der Waals surface area contributed by atoms with Crippen molar-refractivity contribution in [3.05, 3.63) is 104 Å². The van der Waals surface area contributed by atoms with Gasteiger partial charge in [-0.2, -0.15) is 5.26 Å². The van der Waals surface area contributed by atoms with Crippen molar-refractivity contribution in [1.82, 2.24) is 0 Å². The van der Waals surface area contributed by atoms with Crippen LogP contribution in [0.15, 0.2) is 70.5 Å². The van der Waals surface area contributed by atoms with E-state index in [0.29, 0.717) is 38.1 Å². The first-order valence-corrected chi connectivity index (χ1v) is 11.4. The number of allylic oxidation sites excluding steroid dienone is 1. The molecule has 4 aromatic rings. The molecule has 0 saturated heterocycles. The van der Waals surface area contributed by atoms with Crippen molar-refractivity contribution in [3.8, 4) is 17.6 Å². The Kier molecular flexibility index (Phi) is 5.68. The Balaban J connectivity index is 1.51. The van der Waals surface area contributed by atoms with Crippen molar-refractivity contribution < 1.29 is 18.7 Å². The fraction of sp³-hybridized carbons (Fsp3) is 0.111. The molecular formula is C27H18Cl2N2O4. The van der Waals surface area contributed by atoms with E-state index in [1.54, 1.807) is 36.4 Å². The van der Waals surface area contributed by atoms with Gasteiger partial charge in [-0.3, -0.25) is 0 Å². The van der Waals surface area contributed by atoms with Crippen molar-refractivity contribution in [3.63, 3.8) is 0 Å². The van der Waals surface area contributed by atoms with Crippen LogP contribution in [0.3, 0.4) is 0 Å². The van der Waals surface area contributed by atoms with Crippen LogP contribution in [0.4, 0.5) is 0 Å². The predicted octanol–water partition coefficient (Wildman–Crippen LogP) is 6.79. The van der Waals surface area contributed by atoms with E-state index in [1.807, 2.05) is 32.0 Å². The van der Waals surface area contributed by atoms with Crippen molar-refractivity contribution in [2.24, 2.45) is 5.73 Å². The minimum atomic E-state index is -0.634. The van der Waals surface area contributed by atoms with E-state index in [4.69, 9.17) is 42.8 Å². The second-order valence-electron chi connectivity index (χ2n) is 8.24. The predicted molar refractivity (Wildman–Crippen MR) is 133 cm³/mol. The van der Waals surface area contributed by atoms with Crippen LogP contribution in [0, 0.1) is 25.2 Å². The van der Waals surface area contributed by atoms with E-state index in [1.165, 1.54) is 0 Å². The standard InChI is InChI=1S/C27H18Cl2N2O4/c1-13-3-6-17-14(2)25(34-22(17)9-13)27(32)33-16-5-8-19-23(11-16)35-26(31)20(12-30)24(19)18-7-4-15(28)10-21(18)29/h3-11,24H,31H2,1-2H3. The van der Waals surface area contributed by atoms with Crippen LogP contribution in [0.25, 0.3) is 11.0 Å². The fourth-order valence-corrected chi connectivity index (χ4v) is 4.75. The van der Waals surface area contributed by atoms with Crippen LogP contribution >= 0.6 is 23.2 Å². The molecule has 1 aliphatic rings. The second-order valence-corrected chi connectivity index (χ2v) is 9.08. The number of rotatable bonds is 3. The molecule has 0 spiro atoms. The summed E-state index contributed by atoms with van der Waals surface area (Å²) in [4.78, 5) is 12.9. The average Bonchev–Trinajstić information content (AvgIpc) is 3.14. The minimum Gasteiger partial charge on any atom is -0.449 e. The summed E-state index contributed by atoms with van der Waals surface area (Å²) in [6, 6.07) is 17.8. The monoisotopic (exact) mass is 504 g/mol. The molecule has 3 aromatic carbocycles. The van der Waals surface area contributed by atoms with Gasteiger partial charge in [0.25, 0.3) is 0 Å². The number of benzene rings is 3. The van der Waals surface area contributed by atoms with E-state index in [-0.39, 0.29) is 23.0 Å². The van der Waals surface area contributed by atoms with Gasteiger partial charge in [-0.1, -0.05) is 47.5 Å². The Bertz CT molecular complexity index is 1600. The molecule has 0 amide bonds. The number of carbonyl (C=O) groups excluding carboxylic acids is 1. The zero-order valence-corrected chi connectivity index (χ0v) is 20.2. The zero-order valence-electron chi connectivity index (χ0n) is 18.7. The first-order chi connectivity index (χ1) is 16.8. The molecule has 0 radical (unpaired) electrons. The third kappa shape index (κ3) is 3.99. The third-order valence-corrected chi connectivity index (χ3v) is 6.52. The Morgan fingerprint density at radius 1 is 1.06 bits per heavy atom. The SMILES string of the molecule is Cc1ccc2c(C)c(C(=O)Oc3ccc4c(c3)OC(N)=C(C#N)C4c3ccc(Cl)cc3Cl)oc2c1. The summed E-state index contributed by atoms with van der Waals surface area (Å²) in [7, 11) is 0. The maximum atomic E-state index is 12.9. The Morgan fingerprint density at radius 3 is 2.57 bits per heavy atom. The number of aryl methyl sites for hydroxylation is 2. The molecule has 0 bridgehead atoms. The highest BCUT2D eigenvalue weighted by Gasteiger charge is 2.32. The molecule has 2 heterocycles. The summed E-state index contributed by atoms with van der Waals surface area (Å²) >= 11 is 12.5. The molecule has 0 saturated carbocycles. The molecular weight excluding hydrogens is 487 g/mol. The van der Waals surface area contributed by atoms with Gasteiger partial charge >= 0.3 is 5.97 Å². The number of hydrogen-bond donors (Lipinski definition) is 1. The van der Waals surface area contributed by atoms with Gasteiger partial charge in [-0.25, -0.2) is 4.79 Å². The molecule has 35 heavy (non-hydrogen) atoms. The van der Waals surface area contributed by atoms with E-state index >= 15 is 0 Å². The highest BCUT2D eigenvalue weighted by molar-refractivity contribution is 6.35. The average molecular weight is 505 g/mol. The van der Waals surface area contributed by atoms with Gasteiger partial charge in [0.2, 0.25) is 11.6 Å².